The number of H-pyrrole nitrogens is 1. The summed E-state index contributed by atoms with van der Waals surface area (Å²) >= 11 is 0. The molecule has 1 aromatic heterocycles. The van der Waals surface area contributed by atoms with Crippen molar-refractivity contribution in [3.8, 4) is 0 Å². The largest absolute Gasteiger partial charge is 0.272 e. The molecule has 0 aliphatic carbocycles. The first-order valence-corrected chi connectivity index (χ1v) is 8.90. The molecule has 0 atom stereocenters. The molecule has 1 aliphatic heterocycles. The van der Waals surface area contributed by atoms with E-state index >= 15 is 0 Å². The first kappa shape index (κ1) is 15.0. The molecule has 2 aromatic rings. The van der Waals surface area contributed by atoms with Gasteiger partial charge in [0, 0.05) is 19.2 Å². The van der Waals surface area contributed by atoms with E-state index in [1.54, 1.807) is 22.6 Å². The fourth-order valence-corrected chi connectivity index (χ4v) is 4.04. The molecule has 2 heterocycles. The van der Waals surface area contributed by atoms with Gasteiger partial charge in [0.2, 0.25) is 10.0 Å². The summed E-state index contributed by atoms with van der Waals surface area (Å²) in [6.07, 6.45) is 3.44. The Morgan fingerprint density at radius 1 is 1.05 bits per heavy atom. The molecule has 1 aliphatic rings. The lowest BCUT2D eigenvalue weighted by atomic mass is 10.2. The molecule has 5 nitrogen and oxygen atoms in total. The molecule has 6 heteroatoms. The molecule has 0 amide bonds. The van der Waals surface area contributed by atoms with Gasteiger partial charge in [0.15, 0.2) is 0 Å². The highest BCUT2D eigenvalue weighted by molar-refractivity contribution is 7.89. The number of sulfonamides is 1. The topological polar surface area (TPSA) is 63.6 Å². The van der Waals surface area contributed by atoms with Crippen LogP contribution in [0.2, 0.25) is 0 Å². The number of pyridine rings is 1. The third-order valence-corrected chi connectivity index (χ3v) is 5.71. The van der Waals surface area contributed by atoms with Crippen LogP contribution in [0.25, 0.3) is 0 Å². The minimum atomic E-state index is -3.35. The summed E-state index contributed by atoms with van der Waals surface area (Å²) in [5.41, 5.74) is 1.17. The fraction of sp³-hybridized carbons (Fsp3) is 0.312. The summed E-state index contributed by atoms with van der Waals surface area (Å²) in [4.78, 5) is 3.34. The van der Waals surface area contributed by atoms with Crippen LogP contribution in [0.3, 0.4) is 0 Å². The average Bonchev–Trinajstić information content (AvgIpc) is 3.10. The molecule has 22 heavy (non-hydrogen) atoms. The van der Waals surface area contributed by atoms with Crippen molar-refractivity contribution in [2.24, 2.45) is 0 Å². The highest BCUT2D eigenvalue weighted by Crippen LogP contribution is 2.20. The number of hydrogen-bond acceptors (Lipinski definition) is 3. The quantitative estimate of drug-likeness (QED) is 0.916. The van der Waals surface area contributed by atoms with Gasteiger partial charge in [0.25, 0.3) is 5.82 Å². The van der Waals surface area contributed by atoms with Crippen LogP contribution >= 0.6 is 0 Å². The van der Waals surface area contributed by atoms with Crippen LogP contribution in [0, 0.1) is 0 Å². The molecule has 116 valence electrons. The molecule has 0 bridgehead atoms. The summed E-state index contributed by atoms with van der Waals surface area (Å²) in [5, 5.41) is 3.25. The molecule has 3 rings (SSSR count). The van der Waals surface area contributed by atoms with Gasteiger partial charge in [-0.25, -0.2) is 13.4 Å². The number of aromatic amines is 1. The van der Waals surface area contributed by atoms with E-state index in [1.165, 1.54) is 5.56 Å². The van der Waals surface area contributed by atoms with Crippen molar-refractivity contribution in [3.63, 3.8) is 0 Å². The second-order valence-electron chi connectivity index (χ2n) is 5.39. The molecule has 1 fully saturated rings. The van der Waals surface area contributed by atoms with Crippen LogP contribution in [0.15, 0.2) is 53.6 Å². The van der Waals surface area contributed by atoms with Gasteiger partial charge in [-0.3, -0.25) is 5.32 Å². The molecule has 0 radical (unpaired) electrons. The Morgan fingerprint density at radius 2 is 1.77 bits per heavy atom. The molecular formula is C16H20N3O2S+. The normalized spacial score (nSPS) is 15.8. The Morgan fingerprint density at radius 3 is 2.41 bits per heavy atom. The molecule has 1 saturated heterocycles. The Kier molecular flexibility index (Phi) is 4.40. The van der Waals surface area contributed by atoms with E-state index in [9.17, 15) is 8.42 Å². The summed E-state index contributed by atoms with van der Waals surface area (Å²) < 4.78 is 26.4. The minimum Gasteiger partial charge on any atom is -0.270 e. The second-order valence-corrected chi connectivity index (χ2v) is 7.33. The Labute approximate surface area is 131 Å². The fourth-order valence-electron chi connectivity index (χ4n) is 2.55. The van der Waals surface area contributed by atoms with E-state index in [2.05, 4.69) is 10.3 Å². The zero-order valence-electron chi connectivity index (χ0n) is 12.3. The van der Waals surface area contributed by atoms with Crippen LogP contribution in [-0.4, -0.2) is 25.8 Å². The van der Waals surface area contributed by atoms with E-state index < -0.39 is 10.0 Å². The average molecular weight is 318 g/mol. The van der Waals surface area contributed by atoms with Gasteiger partial charge in [-0.2, -0.15) is 4.31 Å². The number of rotatable bonds is 5. The minimum absolute atomic E-state index is 0.319. The van der Waals surface area contributed by atoms with Crippen molar-refractivity contribution in [1.29, 1.82) is 0 Å². The third-order valence-electron chi connectivity index (χ3n) is 3.81. The lowest BCUT2D eigenvalue weighted by Gasteiger charge is -2.14. The summed E-state index contributed by atoms with van der Waals surface area (Å²) in [6.45, 7) is 1.93. The van der Waals surface area contributed by atoms with Gasteiger partial charge in [0.1, 0.15) is 17.6 Å². The summed E-state index contributed by atoms with van der Waals surface area (Å²) in [7, 11) is -3.35. The van der Waals surface area contributed by atoms with Gasteiger partial charge < -0.3 is 0 Å². The predicted octanol–water partition coefficient (Wildman–Crippen LogP) is 1.90. The maximum Gasteiger partial charge on any atom is 0.272 e. The van der Waals surface area contributed by atoms with E-state index in [0.29, 0.717) is 24.5 Å². The Bertz CT molecular complexity index is 709. The van der Waals surface area contributed by atoms with E-state index in [4.69, 9.17) is 0 Å². The monoisotopic (exact) mass is 318 g/mol. The van der Waals surface area contributed by atoms with Gasteiger partial charge in [-0.1, -0.05) is 30.3 Å². The summed E-state index contributed by atoms with van der Waals surface area (Å²) in [6, 6.07) is 13.5. The van der Waals surface area contributed by atoms with Crippen molar-refractivity contribution < 1.29 is 13.4 Å². The SMILES string of the molecule is O=S(=O)(c1ccc(NCc2ccccc2)[nH+]c1)N1CCCC1. The van der Waals surface area contributed by atoms with Gasteiger partial charge in [-0.15, -0.1) is 0 Å². The highest BCUT2D eigenvalue weighted by Gasteiger charge is 2.27. The maximum absolute atomic E-state index is 12.4. The van der Waals surface area contributed by atoms with Crippen LogP contribution in [0.4, 0.5) is 5.82 Å². The van der Waals surface area contributed by atoms with E-state index in [0.717, 1.165) is 18.7 Å². The molecule has 1 aromatic carbocycles. The zero-order valence-corrected chi connectivity index (χ0v) is 13.1. The van der Waals surface area contributed by atoms with Gasteiger partial charge in [0.05, 0.1) is 0 Å². The van der Waals surface area contributed by atoms with E-state index in [1.807, 2.05) is 30.3 Å². The lowest BCUT2D eigenvalue weighted by Crippen LogP contribution is -2.29. The molecule has 0 unspecified atom stereocenters. The number of anilines is 1. The smallest absolute Gasteiger partial charge is 0.270 e. The maximum atomic E-state index is 12.4. The number of hydrogen-bond donors (Lipinski definition) is 1. The van der Waals surface area contributed by atoms with Crippen molar-refractivity contribution in [2.75, 3.05) is 18.4 Å². The molecule has 0 spiro atoms. The number of aromatic nitrogens is 1. The lowest BCUT2D eigenvalue weighted by molar-refractivity contribution is -0.364. The number of benzene rings is 1. The van der Waals surface area contributed by atoms with Crippen molar-refractivity contribution in [3.05, 3.63) is 54.2 Å². The number of nitrogens with one attached hydrogen (secondary N) is 2. The van der Waals surface area contributed by atoms with Crippen LogP contribution < -0.4 is 10.3 Å². The van der Waals surface area contributed by atoms with Crippen molar-refractivity contribution in [2.45, 2.75) is 24.3 Å². The Balaban J connectivity index is 1.67. The van der Waals surface area contributed by atoms with Crippen molar-refractivity contribution >= 4 is 15.8 Å². The Hall–Kier alpha value is -1.92. The molecular weight excluding hydrogens is 298 g/mol. The third kappa shape index (κ3) is 3.28. The van der Waals surface area contributed by atoms with Crippen LogP contribution in [0.5, 0.6) is 0 Å². The zero-order chi connectivity index (χ0) is 15.4. The highest BCUT2D eigenvalue weighted by atomic mass is 32.2. The first-order chi connectivity index (χ1) is 10.7. The predicted molar refractivity (Wildman–Crippen MR) is 84.8 cm³/mol. The second kappa shape index (κ2) is 6.46. The van der Waals surface area contributed by atoms with Gasteiger partial charge in [-0.05, 0) is 24.5 Å². The first-order valence-electron chi connectivity index (χ1n) is 7.46. The number of nitrogens with zero attached hydrogens (tertiary/aromatic N) is 1. The van der Waals surface area contributed by atoms with Gasteiger partial charge >= 0.3 is 0 Å². The van der Waals surface area contributed by atoms with Crippen LogP contribution in [0.1, 0.15) is 18.4 Å². The summed E-state index contributed by atoms with van der Waals surface area (Å²) in [5.74, 6) is 0.796. The molecule has 2 N–H and O–H groups in total. The van der Waals surface area contributed by atoms with Crippen molar-refractivity contribution in [1.82, 2.24) is 4.31 Å². The molecule has 0 saturated carbocycles. The standard InChI is InChI=1S/C16H19N3O2S/c20-22(21,19-10-4-5-11-19)15-8-9-16(18-13-15)17-12-14-6-2-1-3-7-14/h1-3,6-9,13H,4-5,10-12H2,(H,17,18)/p+1. The van der Waals surface area contributed by atoms with Crippen LogP contribution in [-0.2, 0) is 16.6 Å². The van der Waals surface area contributed by atoms with E-state index in [-0.39, 0.29) is 0 Å².